The van der Waals surface area contributed by atoms with E-state index < -0.39 is 0 Å². The van der Waals surface area contributed by atoms with Gasteiger partial charge in [-0.1, -0.05) is 26.2 Å². The third kappa shape index (κ3) is 2.48. The van der Waals surface area contributed by atoms with Crippen LogP contribution in [-0.4, -0.2) is 16.0 Å². The Labute approximate surface area is 95.0 Å². The summed E-state index contributed by atoms with van der Waals surface area (Å²) < 4.78 is 9.52. The topological polar surface area (TPSA) is 35.0 Å². The molecule has 1 saturated carbocycles. The third-order valence-electron chi connectivity index (χ3n) is 3.13. The summed E-state index contributed by atoms with van der Waals surface area (Å²) in [6.45, 7) is 4.94. The summed E-state index contributed by atoms with van der Waals surface area (Å²) in [7, 11) is 0. The predicted octanol–water partition coefficient (Wildman–Crippen LogP) is 3.23. The molecule has 0 bridgehead atoms. The van der Waals surface area contributed by atoms with Gasteiger partial charge >= 0.3 is 6.01 Å². The van der Waals surface area contributed by atoms with Crippen LogP contribution < -0.4 is 4.74 Å². The van der Waals surface area contributed by atoms with E-state index in [-0.39, 0.29) is 0 Å². The normalized spacial score (nSPS) is 26.5. The molecular weight excluding hydrogens is 208 g/mol. The molecule has 15 heavy (non-hydrogen) atoms. The summed E-state index contributed by atoms with van der Waals surface area (Å²) in [5.41, 5.74) is 0. The van der Waals surface area contributed by atoms with Gasteiger partial charge in [0.05, 0.1) is 6.61 Å². The largest absolute Gasteiger partial charge is 0.463 e. The van der Waals surface area contributed by atoms with E-state index >= 15 is 0 Å². The molecule has 3 nitrogen and oxygen atoms in total. The molecule has 0 amide bonds. The van der Waals surface area contributed by atoms with Crippen LogP contribution in [0.3, 0.4) is 0 Å². The number of rotatable bonds is 3. The van der Waals surface area contributed by atoms with Gasteiger partial charge in [-0.05, 0) is 30.8 Å². The van der Waals surface area contributed by atoms with Crippen molar-refractivity contribution in [1.29, 1.82) is 0 Å². The van der Waals surface area contributed by atoms with Gasteiger partial charge in [0.25, 0.3) is 0 Å². The van der Waals surface area contributed by atoms with Crippen molar-refractivity contribution >= 4 is 11.5 Å². The van der Waals surface area contributed by atoms with Gasteiger partial charge in [0.2, 0.25) is 0 Å². The highest BCUT2D eigenvalue weighted by molar-refractivity contribution is 7.05. The highest BCUT2D eigenvalue weighted by Crippen LogP contribution is 2.38. The molecule has 0 saturated heterocycles. The second kappa shape index (κ2) is 4.92. The summed E-state index contributed by atoms with van der Waals surface area (Å²) in [6, 6.07) is 0.565. The summed E-state index contributed by atoms with van der Waals surface area (Å²) in [4.78, 5) is 4.46. The zero-order chi connectivity index (χ0) is 10.7. The molecule has 4 heteroatoms. The molecule has 2 unspecified atom stereocenters. The Kier molecular flexibility index (Phi) is 3.57. The molecule has 1 aromatic heterocycles. The van der Waals surface area contributed by atoms with Crippen LogP contribution in [0.15, 0.2) is 0 Å². The van der Waals surface area contributed by atoms with E-state index in [4.69, 9.17) is 4.74 Å². The van der Waals surface area contributed by atoms with Gasteiger partial charge in [-0.3, -0.25) is 0 Å². The molecule has 0 N–H and O–H groups in total. The predicted molar refractivity (Wildman–Crippen MR) is 61.5 cm³/mol. The zero-order valence-electron chi connectivity index (χ0n) is 9.40. The highest BCUT2D eigenvalue weighted by Gasteiger charge is 2.26. The number of hydrogen-bond acceptors (Lipinski definition) is 4. The SMILES string of the molecule is CCOc1nsc(C2CCCCC2C)n1. The molecule has 1 aromatic rings. The van der Waals surface area contributed by atoms with Crippen molar-refractivity contribution in [2.75, 3.05) is 6.61 Å². The summed E-state index contributed by atoms with van der Waals surface area (Å²) in [5.74, 6) is 1.37. The molecule has 84 valence electrons. The average molecular weight is 226 g/mol. The van der Waals surface area contributed by atoms with Gasteiger partial charge in [0, 0.05) is 5.92 Å². The van der Waals surface area contributed by atoms with Crippen LogP contribution in [0.4, 0.5) is 0 Å². The van der Waals surface area contributed by atoms with Gasteiger partial charge in [0.1, 0.15) is 5.01 Å². The minimum absolute atomic E-state index is 0.565. The molecule has 2 atom stereocenters. The summed E-state index contributed by atoms with van der Waals surface area (Å²) in [5, 5.41) is 1.17. The van der Waals surface area contributed by atoms with Crippen molar-refractivity contribution in [3.8, 4) is 6.01 Å². The number of ether oxygens (including phenoxy) is 1. The lowest BCUT2D eigenvalue weighted by atomic mass is 9.81. The van der Waals surface area contributed by atoms with E-state index in [2.05, 4.69) is 16.3 Å². The van der Waals surface area contributed by atoms with Crippen molar-refractivity contribution in [2.24, 2.45) is 5.92 Å². The minimum Gasteiger partial charge on any atom is -0.463 e. The van der Waals surface area contributed by atoms with Crippen molar-refractivity contribution < 1.29 is 4.74 Å². The van der Waals surface area contributed by atoms with Gasteiger partial charge in [0.15, 0.2) is 0 Å². The van der Waals surface area contributed by atoms with Crippen LogP contribution in [0.5, 0.6) is 6.01 Å². The minimum atomic E-state index is 0.565. The Hall–Kier alpha value is -0.640. The second-order valence-corrected chi connectivity index (χ2v) is 5.00. The van der Waals surface area contributed by atoms with Crippen LogP contribution in [0, 0.1) is 5.92 Å². The average Bonchev–Trinajstić information content (AvgIpc) is 2.68. The van der Waals surface area contributed by atoms with E-state index in [1.807, 2.05) is 6.92 Å². The van der Waals surface area contributed by atoms with Crippen LogP contribution in [-0.2, 0) is 0 Å². The first-order chi connectivity index (χ1) is 7.31. The van der Waals surface area contributed by atoms with Crippen molar-refractivity contribution in [3.05, 3.63) is 5.01 Å². The Bertz CT molecular complexity index is 313. The Morgan fingerprint density at radius 3 is 2.93 bits per heavy atom. The molecule has 0 aromatic carbocycles. The molecule has 0 aliphatic heterocycles. The lowest BCUT2D eigenvalue weighted by Crippen LogP contribution is -2.14. The van der Waals surface area contributed by atoms with Crippen molar-refractivity contribution in [1.82, 2.24) is 9.36 Å². The smallest absolute Gasteiger partial charge is 0.328 e. The highest BCUT2D eigenvalue weighted by atomic mass is 32.1. The fraction of sp³-hybridized carbons (Fsp3) is 0.818. The van der Waals surface area contributed by atoms with Crippen molar-refractivity contribution in [3.63, 3.8) is 0 Å². The Morgan fingerprint density at radius 2 is 2.20 bits per heavy atom. The maximum atomic E-state index is 5.30. The molecule has 1 aliphatic rings. The first-order valence-electron chi connectivity index (χ1n) is 5.77. The van der Waals surface area contributed by atoms with Gasteiger partial charge in [-0.2, -0.15) is 4.98 Å². The maximum Gasteiger partial charge on any atom is 0.328 e. The molecule has 2 rings (SSSR count). The Morgan fingerprint density at radius 1 is 1.40 bits per heavy atom. The fourth-order valence-electron chi connectivity index (χ4n) is 2.24. The first kappa shape index (κ1) is 10.9. The van der Waals surface area contributed by atoms with E-state index in [9.17, 15) is 0 Å². The number of nitrogens with zero attached hydrogens (tertiary/aromatic N) is 2. The lowest BCUT2D eigenvalue weighted by molar-refractivity contribution is 0.307. The molecule has 0 spiro atoms. The third-order valence-corrected chi connectivity index (χ3v) is 3.95. The molecular formula is C11H18N2OS. The van der Waals surface area contributed by atoms with E-state index in [1.54, 1.807) is 0 Å². The van der Waals surface area contributed by atoms with E-state index in [1.165, 1.54) is 42.2 Å². The van der Waals surface area contributed by atoms with Crippen LogP contribution in [0.25, 0.3) is 0 Å². The number of aromatic nitrogens is 2. The van der Waals surface area contributed by atoms with E-state index in [0.717, 1.165) is 5.92 Å². The quantitative estimate of drug-likeness (QED) is 0.793. The van der Waals surface area contributed by atoms with Gasteiger partial charge in [-0.15, -0.1) is 4.37 Å². The molecule has 1 fully saturated rings. The van der Waals surface area contributed by atoms with Crippen LogP contribution >= 0.6 is 11.5 Å². The molecule has 0 radical (unpaired) electrons. The monoisotopic (exact) mass is 226 g/mol. The van der Waals surface area contributed by atoms with E-state index in [0.29, 0.717) is 18.5 Å². The van der Waals surface area contributed by atoms with Crippen LogP contribution in [0.2, 0.25) is 0 Å². The van der Waals surface area contributed by atoms with Crippen molar-refractivity contribution in [2.45, 2.75) is 45.4 Å². The zero-order valence-corrected chi connectivity index (χ0v) is 10.2. The summed E-state index contributed by atoms with van der Waals surface area (Å²) >= 11 is 1.51. The molecule has 1 aliphatic carbocycles. The number of hydrogen-bond donors (Lipinski definition) is 0. The maximum absolute atomic E-state index is 5.30. The lowest BCUT2D eigenvalue weighted by Gasteiger charge is -2.26. The molecule has 1 heterocycles. The summed E-state index contributed by atoms with van der Waals surface area (Å²) in [6.07, 6.45) is 5.30. The van der Waals surface area contributed by atoms with Gasteiger partial charge in [-0.25, -0.2) is 0 Å². The Balaban J connectivity index is 2.06. The second-order valence-electron chi connectivity index (χ2n) is 4.22. The first-order valence-corrected chi connectivity index (χ1v) is 6.55. The van der Waals surface area contributed by atoms with Crippen LogP contribution in [0.1, 0.15) is 50.5 Å². The van der Waals surface area contributed by atoms with Gasteiger partial charge < -0.3 is 4.74 Å². The standard InChI is InChI=1S/C11H18N2OS/c1-3-14-11-12-10(15-13-11)9-7-5-4-6-8(9)2/h8-9H,3-7H2,1-2H3. The fourth-order valence-corrected chi connectivity index (χ4v) is 3.11.